The molecule has 28 heavy (non-hydrogen) atoms. The second-order valence-electron chi connectivity index (χ2n) is 6.61. The first kappa shape index (κ1) is 23.7. The standard InChI is InChI=1S/C14H21N3O8S2.Na.H/c18-10-5-9(27(22,23)24)13(20)17(10)25-11(19)4-2-1-3-8-12-7(6-26-8)15-14(21)16-12;;/h7-9,12,22-24H,1-6H2,(H2,15,16,21);;/t7-,8?,9?,12-;;/m0../s1. The number of thioether (sulfide) groups is 1. The summed E-state index contributed by atoms with van der Waals surface area (Å²) in [5.74, 6) is -2.00. The zero-order valence-electron chi connectivity index (χ0n) is 14.2. The van der Waals surface area contributed by atoms with Crippen LogP contribution in [0.2, 0.25) is 0 Å². The molecule has 11 nitrogen and oxygen atoms in total. The van der Waals surface area contributed by atoms with Crippen LogP contribution in [0.3, 0.4) is 0 Å². The third-order valence-electron chi connectivity index (χ3n) is 4.69. The van der Waals surface area contributed by atoms with E-state index >= 15 is 0 Å². The molecule has 4 atom stereocenters. The van der Waals surface area contributed by atoms with Crippen LogP contribution in [-0.4, -0.2) is 100 Å². The molecule has 14 heteroatoms. The fourth-order valence-electron chi connectivity index (χ4n) is 3.33. The molecule has 0 bridgehead atoms. The maximum absolute atomic E-state index is 11.9. The molecule has 3 aliphatic heterocycles. The molecule has 3 aliphatic rings. The molecule has 3 saturated heterocycles. The molecule has 3 heterocycles. The van der Waals surface area contributed by atoms with Gasteiger partial charge >= 0.3 is 41.6 Å². The van der Waals surface area contributed by atoms with E-state index in [1.807, 2.05) is 0 Å². The van der Waals surface area contributed by atoms with Gasteiger partial charge in [-0.15, -0.1) is 5.06 Å². The van der Waals surface area contributed by atoms with Gasteiger partial charge in [0, 0.05) is 17.4 Å². The number of rotatable bonds is 7. The predicted molar refractivity (Wildman–Crippen MR) is 103 cm³/mol. The average Bonchev–Trinajstić information content (AvgIpc) is 3.19. The predicted octanol–water partition coefficient (Wildman–Crippen LogP) is -0.127. The van der Waals surface area contributed by atoms with Crippen molar-refractivity contribution < 1.29 is 37.7 Å². The van der Waals surface area contributed by atoms with E-state index in [1.54, 1.807) is 11.8 Å². The van der Waals surface area contributed by atoms with Crippen LogP contribution >= 0.6 is 22.6 Å². The Morgan fingerprint density at radius 1 is 1.21 bits per heavy atom. The van der Waals surface area contributed by atoms with Crippen molar-refractivity contribution in [1.29, 1.82) is 0 Å². The minimum atomic E-state index is -4.24. The Kier molecular flexibility index (Phi) is 8.06. The molecule has 0 radical (unpaired) electrons. The Hall–Kier alpha value is -0.540. The molecule has 0 aliphatic carbocycles. The number of hydrogen-bond acceptors (Lipinski definition) is 9. The third-order valence-corrected chi connectivity index (χ3v) is 7.34. The number of nitrogens with one attached hydrogen (secondary N) is 2. The topological polar surface area (TPSA) is 166 Å². The Labute approximate surface area is 189 Å². The van der Waals surface area contributed by atoms with Gasteiger partial charge in [-0.1, -0.05) is 6.42 Å². The van der Waals surface area contributed by atoms with Gasteiger partial charge in [-0.3, -0.25) is 9.59 Å². The van der Waals surface area contributed by atoms with E-state index in [0.717, 1.165) is 12.2 Å². The van der Waals surface area contributed by atoms with Crippen molar-refractivity contribution in [1.82, 2.24) is 15.7 Å². The molecule has 2 unspecified atom stereocenters. The van der Waals surface area contributed by atoms with E-state index in [1.165, 1.54) is 0 Å². The number of imide groups is 1. The first-order valence-electron chi connectivity index (χ1n) is 8.42. The third kappa shape index (κ3) is 5.33. The van der Waals surface area contributed by atoms with Crippen molar-refractivity contribution in [3.05, 3.63) is 0 Å². The number of carbonyl (C=O) groups is 4. The van der Waals surface area contributed by atoms with Gasteiger partial charge in [0.2, 0.25) is 0 Å². The number of hydrogen-bond donors (Lipinski definition) is 5. The Balaban J connectivity index is 0.00000280. The van der Waals surface area contributed by atoms with Crippen LogP contribution in [0.4, 0.5) is 4.79 Å². The van der Waals surface area contributed by atoms with Gasteiger partial charge in [0.15, 0.2) is 0 Å². The summed E-state index contributed by atoms with van der Waals surface area (Å²) >= 11 is 1.76. The minimum absolute atomic E-state index is 0. The molecule has 0 aromatic carbocycles. The molecular formula is C14H22N3NaO8S2. The van der Waals surface area contributed by atoms with E-state index in [-0.39, 0.29) is 64.4 Å². The summed E-state index contributed by atoms with van der Waals surface area (Å²) in [5.41, 5.74) is 0. The van der Waals surface area contributed by atoms with E-state index in [9.17, 15) is 19.2 Å². The second-order valence-corrected chi connectivity index (χ2v) is 9.57. The van der Waals surface area contributed by atoms with Crippen LogP contribution < -0.4 is 10.6 Å². The van der Waals surface area contributed by atoms with Gasteiger partial charge in [0.05, 0.1) is 29.4 Å². The zero-order chi connectivity index (χ0) is 19.8. The van der Waals surface area contributed by atoms with Crippen LogP contribution in [0, 0.1) is 0 Å². The van der Waals surface area contributed by atoms with Crippen LogP contribution in [0.5, 0.6) is 0 Å². The van der Waals surface area contributed by atoms with Crippen LogP contribution in [0.1, 0.15) is 32.1 Å². The molecule has 0 saturated carbocycles. The van der Waals surface area contributed by atoms with Crippen molar-refractivity contribution in [3.8, 4) is 0 Å². The summed E-state index contributed by atoms with van der Waals surface area (Å²) in [6.45, 7) is 0. The number of urea groups is 1. The molecule has 0 aromatic rings. The van der Waals surface area contributed by atoms with Gasteiger partial charge in [0.25, 0.3) is 11.8 Å². The van der Waals surface area contributed by atoms with Gasteiger partial charge in [0.1, 0.15) is 5.25 Å². The Morgan fingerprint density at radius 3 is 2.57 bits per heavy atom. The quantitative estimate of drug-likeness (QED) is 0.155. The van der Waals surface area contributed by atoms with Crippen LogP contribution in [-0.2, 0) is 19.2 Å². The SMILES string of the molecule is O=C1N[C@H]2CSC(CCCCC(=O)ON3C(=O)CC(S(O)(O)O)C3=O)[C@H]2N1.[NaH]. The maximum atomic E-state index is 11.9. The molecule has 0 spiro atoms. The number of fused-ring (bicyclic) bond motifs is 1. The number of unbranched alkanes of at least 4 members (excludes halogenated alkanes) is 1. The van der Waals surface area contributed by atoms with Crippen molar-refractivity contribution in [2.24, 2.45) is 0 Å². The Morgan fingerprint density at radius 2 is 1.93 bits per heavy atom. The zero-order valence-corrected chi connectivity index (χ0v) is 15.8. The summed E-state index contributed by atoms with van der Waals surface area (Å²) in [5, 5.41) is 4.48. The molecule has 3 rings (SSSR count). The molecule has 154 valence electrons. The van der Waals surface area contributed by atoms with Crippen LogP contribution in [0.25, 0.3) is 0 Å². The number of hydroxylamine groups is 2. The number of amides is 4. The first-order chi connectivity index (χ1) is 12.7. The van der Waals surface area contributed by atoms with Gasteiger partial charge in [-0.25, -0.2) is 9.59 Å². The van der Waals surface area contributed by atoms with E-state index in [4.69, 9.17) is 18.5 Å². The first-order valence-corrected chi connectivity index (χ1v) is 11.0. The van der Waals surface area contributed by atoms with E-state index in [0.29, 0.717) is 12.8 Å². The summed E-state index contributed by atoms with van der Waals surface area (Å²) in [7, 11) is -4.24. The second kappa shape index (κ2) is 9.51. The Bertz CT molecular complexity index is 661. The van der Waals surface area contributed by atoms with Crippen molar-refractivity contribution in [2.75, 3.05) is 5.75 Å². The van der Waals surface area contributed by atoms with Crippen LogP contribution in [0.15, 0.2) is 0 Å². The fourth-order valence-corrected chi connectivity index (χ4v) is 5.61. The average molecular weight is 447 g/mol. The van der Waals surface area contributed by atoms with Crippen molar-refractivity contribution in [2.45, 2.75) is 54.7 Å². The van der Waals surface area contributed by atoms with E-state index in [2.05, 4.69) is 10.6 Å². The number of nitrogens with zero attached hydrogens (tertiary/aromatic N) is 1. The van der Waals surface area contributed by atoms with Gasteiger partial charge < -0.3 is 29.1 Å². The monoisotopic (exact) mass is 447 g/mol. The van der Waals surface area contributed by atoms with Crippen molar-refractivity contribution >= 4 is 76.0 Å². The summed E-state index contributed by atoms with van der Waals surface area (Å²) in [4.78, 5) is 51.4. The van der Waals surface area contributed by atoms with Gasteiger partial charge in [-0.05, 0) is 12.8 Å². The molecular weight excluding hydrogens is 425 g/mol. The van der Waals surface area contributed by atoms with E-state index < -0.39 is 40.3 Å². The molecule has 5 N–H and O–H groups in total. The number of carbonyl (C=O) groups excluding carboxylic acids is 4. The summed E-state index contributed by atoms with van der Waals surface area (Å²) in [6, 6.07) is 0.0671. The van der Waals surface area contributed by atoms with Crippen molar-refractivity contribution in [3.63, 3.8) is 0 Å². The fraction of sp³-hybridized carbons (Fsp3) is 0.714. The normalized spacial score (nSPS) is 29.8. The molecule has 3 fully saturated rings. The molecule has 0 aromatic heterocycles. The summed E-state index contributed by atoms with van der Waals surface area (Å²) < 4.78 is 27.4. The summed E-state index contributed by atoms with van der Waals surface area (Å²) in [6.07, 6.45) is 1.33. The molecule has 4 amide bonds. The van der Waals surface area contributed by atoms with Gasteiger partial charge in [-0.2, -0.15) is 11.8 Å².